The molecule has 0 aliphatic heterocycles. The smallest absolute Gasteiger partial charge is 0.270 e. The van der Waals surface area contributed by atoms with Crippen LogP contribution in [-0.4, -0.2) is 32.7 Å². The molecule has 0 spiro atoms. The van der Waals surface area contributed by atoms with Crippen molar-refractivity contribution in [1.29, 1.82) is 0 Å². The Morgan fingerprint density at radius 2 is 2.00 bits per heavy atom. The van der Waals surface area contributed by atoms with Crippen molar-refractivity contribution in [3.8, 4) is 0 Å². The number of imidazole rings is 1. The van der Waals surface area contributed by atoms with Crippen LogP contribution in [0.15, 0.2) is 48.8 Å². The summed E-state index contributed by atoms with van der Waals surface area (Å²) >= 11 is 5.91. The average Bonchev–Trinajstić information content (AvgIpc) is 3.06. The molecule has 0 radical (unpaired) electrons. The SMILES string of the molecule is O=C(CNC(=O)c1cccc([N+](=O)[O-])c1)NCc1cn2cc(Cl)ccc2n1. The van der Waals surface area contributed by atoms with Crippen LogP contribution >= 0.6 is 11.6 Å². The minimum Gasteiger partial charge on any atom is -0.349 e. The van der Waals surface area contributed by atoms with Crippen molar-refractivity contribution in [2.75, 3.05) is 6.54 Å². The topological polar surface area (TPSA) is 119 Å². The zero-order valence-corrected chi connectivity index (χ0v) is 14.6. The highest BCUT2D eigenvalue weighted by Gasteiger charge is 2.12. The molecule has 2 N–H and O–H groups in total. The number of nitrogens with zero attached hydrogens (tertiary/aromatic N) is 3. The zero-order valence-electron chi connectivity index (χ0n) is 13.9. The van der Waals surface area contributed by atoms with Gasteiger partial charge in [-0.3, -0.25) is 19.7 Å². The Bertz CT molecular complexity index is 1030. The van der Waals surface area contributed by atoms with Crippen molar-refractivity contribution in [3.63, 3.8) is 0 Å². The fraction of sp³-hybridized carbons (Fsp3) is 0.118. The summed E-state index contributed by atoms with van der Waals surface area (Å²) in [7, 11) is 0. The van der Waals surface area contributed by atoms with E-state index in [4.69, 9.17) is 11.6 Å². The number of nitro benzene ring substituents is 1. The number of fused-ring (bicyclic) bond motifs is 1. The van der Waals surface area contributed by atoms with E-state index in [2.05, 4.69) is 15.6 Å². The Kier molecular flexibility index (Phi) is 5.32. The van der Waals surface area contributed by atoms with Crippen LogP contribution in [0.5, 0.6) is 0 Å². The minimum absolute atomic E-state index is 0.106. The van der Waals surface area contributed by atoms with Gasteiger partial charge in [0.25, 0.3) is 11.6 Å². The van der Waals surface area contributed by atoms with Gasteiger partial charge in [0, 0.05) is 30.1 Å². The fourth-order valence-electron chi connectivity index (χ4n) is 2.38. The van der Waals surface area contributed by atoms with Crippen LogP contribution in [0.1, 0.15) is 16.1 Å². The van der Waals surface area contributed by atoms with Crippen molar-refractivity contribution in [2.24, 2.45) is 0 Å². The lowest BCUT2D eigenvalue weighted by atomic mass is 10.2. The number of benzene rings is 1. The summed E-state index contributed by atoms with van der Waals surface area (Å²) in [5, 5.41) is 16.4. The molecule has 10 heteroatoms. The van der Waals surface area contributed by atoms with Gasteiger partial charge in [0.1, 0.15) is 5.65 Å². The molecule has 0 aliphatic carbocycles. The number of halogens is 1. The van der Waals surface area contributed by atoms with E-state index in [1.165, 1.54) is 18.2 Å². The number of nitro groups is 1. The minimum atomic E-state index is -0.592. The molecular weight excluding hydrogens is 374 g/mol. The maximum atomic E-state index is 12.0. The van der Waals surface area contributed by atoms with Crippen LogP contribution in [-0.2, 0) is 11.3 Å². The van der Waals surface area contributed by atoms with E-state index in [9.17, 15) is 19.7 Å². The molecule has 3 aromatic rings. The summed E-state index contributed by atoms with van der Waals surface area (Å²) in [6, 6.07) is 8.74. The van der Waals surface area contributed by atoms with Gasteiger partial charge in [-0.15, -0.1) is 0 Å². The number of aromatic nitrogens is 2. The van der Waals surface area contributed by atoms with E-state index in [0.29, 0.717) is 16.4 Å². The number of nitrogens with one attached hydrogen (secondary N) is 2. The third kappa shape index (κ3) is 4.59. The van der Waals surface area contributed by atoms with Gasteiger partial charge in [-0.25, -0.2) is 4.98 Å². The number of pyridine rings is 1. The van der Waals surface area contributed by atoms with Gasteiger partial charge in [-0.2, -0.15) is 0 Å². The number of carbonyl (C=O) groups is 2. The van der Waals surface area contributed by atoms with Gasteiger partial charge in [0.2, 0.25) is 5.91 Å². The molecule has 138 valence electrons. The molecule has 0 bridgehead atoms. The van der Waals surface area contributed by atoms with Crippen LogP contribution in [0.2, 0.25) is 5.02 Å². The molecule has 0 fully saturated rings. The summed E-state index contributed by atoms with van der Waals surface area (Å²) in [5.74, 6) is -0.986. The van der Waals surface area contributed by atoms with Gasteiger partial charge in [0.15, 0.2) is 0 Å². The standard InChI is InChI=1S/C17H14ClN5O4/c18-12-4-5-15-21-13(10-22(15)9-12)7-19-16(24)8-20-17(25)11-2-1-3-14(6-11)23(26)27/h1-6,9-10H,7-8H2,(H,19,24)(H,20,25). The number of hydrogen-bond donors (Lipinski definition) is 2. The number of rotatable bonds is 6. The molecule has 2 heterocycles. The Hall–Kier alpha value is -3.46. The fourth-order valence-corrected chi connectivity index (χ4v) is 2.55. The summed E-state index contributed by atoms with van der Waals surface area (Å²) in [6.45, 7) is -0.0778. The first-order valence-electron chi connectivity index (χ1n) is 7.85. The number of hydrogen-bond acceptors (Lipinski definition) is 5. The molecule has 9 nitrogen and oxygen atoms in total. The molecule has 27 heavy (non-hydrogen) atoms. The van der Waals surface area contributed by atoms with E-state index in [1.54, 1.807) is 28.9 Å². The van der Waals surface area contributed by atoms with E-state index in [0.717, 1.165) is 6.07 Å². The maximum Gasteiger partial charge on any atom is 0.270 e. The van der Waals surface area contributed by atoms with E-state index in [1.807, 2.05) is 0 Å². The summed E-state index contributed by atoms with van der Waals surface area (Å²) in [4.78, 5) is 38.4. The molecule has 2 aromatic heterocycles. The van der Waals surface area contributed by atoms with Gasteiger partial charge in [-0.05, 0) is 18.2 Å². The lowest BCUT2D eigenvalue weighted by Gasteiger charge is -2.06. The van der Waals surface area contributed by atoms with Crippen LogP contribution < -0.4 is 10.6 Å². The number of non-ortho nitro benzene ring substituents is 1. The van der Waals surface area contributed by atoms with E-state index in [-0.39, 0.29) is 24.3 Å². The monoisotopic (exact) mass is 387 g/mol. The third-order valence-electron chi connectivity index (χ3n) is 3.66. The lowest BCUT2D eigenvalue weighted by molar-refractivity contribution is -0.384. The molecular formula is C17H14ClN5O4. The van der Waals surface area contributed by atoms with Crippen molar-refractivity contribution in [2.45, 2.75) is 6.54 Å². The summed E-state index contributed by atoms with van der Waals surface area (Å²) < 4.78 is 1.74. The first kappa shape index (κ1) is 18.3. The number of carbonyl (C=O) groups excluding carboxylic acids is 2. The first-order chi connectivity index (χ1) is 12.9. The first-order valence-corrected chi connectivity index (χ1v) is 8.22. The Morgan fingerprint density at radius 3 is 2.78 bits per heavy atom. The van der Waals surface area contributed by atoms with Crippen LogP contribution in [0.25, 0.3) is 5.65 Å². The molecule has 2 amide bonds. The number of amides is 2. The van der Waals surface area contributed by atoms with Crippen molar-refractivity contribution >= 4 is 34.7 Å². The van der Waals surface area contributed by atoms with Crippen LogP contribution in [0.3, 0.4) is 0 Å². The highest BCUT2D eigenvalue weighted by molar-refractivity contribution is 6.30. The largest absolute Gasteiger partial charge is 0.349 e. The molecule has 0 saturated heterocycles. The van der Waals surface area contributed by atoms with Gasteiger partial charge >= 0.3 is 0 Å². The van der Waals surface area contributed by atoms with Gasteiger partial charge in [-0.1, -0.05) is 17.7 Å². The van der Waals surface area contributed by atoms with Crippen molar-refractivity contribution < 1.29 is 14.5 Å². The van der Waals surface area contributed by atoms with Crippen molar-refractivity contribution in [3.05, 3.63) is 75.2 Å². The van der Waals surface area contributed by atoms with Crippen molar-refractivity contribution in [1.82, 2.24) is 20.0 Å². The molecule has 3 rings (SSSR count). The summed E-state index contributed by atoms with van der Waals surface area (Å²) in [6.07, 6.45) is 3.44. The van der Waals surface area contributed by atoms with Gasteiger partial charge < -0.3 is 15.0 Å². The lowest BCUT2D eigenvalue weighted by Crippen LogP contribution is -2.36. The quantitative estimate of drug-likeness (QED) is 0.495. The summed E-state index contributed by atoms with van der Waals surface area (Å²) in [5.41, 5.74) is 1.24. The second-order valence-corrected chi connectivity index (χ2v) is 6.05. The predicted octanol–water partition coefficient (Wildman–Crippen LogP) is 1.94. The van der Waals surface area contributed by atoms with E-state index >= 15 is 0 Å². The zero-order chi connectivity index (χ0) is 19.4. The molecule has 0 aliphatic rings. The highest BCUT2D eigenvalue weighted by atomic mass is 35.5. The average molecular weight is 388 g/mol. The third-order valence-corrected chi connectivity index (χ3v) is 3.88. The Balaban J connectivity index is 1.52. The van der Waals surface area contributed by atoms with E-state index < -0.39 is 16.7 Å². The molecule has 0 unspecified atom stereocenters. The second kappa shape index (κ2) is 7.83. The highest BCUT2D eigenvalue weighted by Crippen LogP contribution is 2.13. The van der Waals surface area contributed by atoms with Crippen LogP contribution in [0.4, 0.5) is 5.69 Å². The molecule has 0 atom stereocenters. The molecule has 0 saturated carbocycles. The Morgan fingerprint density at radius 1 is 1.19 bits per heavy atom. The molecule has 1 aromatic carbocycles. The Labute approximate surface area is 158 Å². The van der Waals surface area contributed by atoms with Crippen LogP contribution in [0, 0.1) is 10.1 Å². The normalized spacial score (nSPS) is 10.6. The second-order valence-electron chi connectivity index (χ2n) is 5.61. The predicted molar refractivity (Wildman–Crippen MR) is 97.5 cm³/mol. The van der Waals surface area contributed by atoms with Gasteiger partial charge in [0.05, 0.1) is 28.7 Å². The maximum absolute atomic E-state index is 12.0.